The van der Waals surface area contributed by atoms with Gasteiger partial charge in [-0.05, 0) is 55.2 Å². The molecular weight excluding hydrogens is 452 g/mol. The molecule has 0 saturated carbocycles. The Labute approximate surface area is 188 Å². The third-order valence-electron chi connectivity index (χ3n) is 5.84. The van der Waals surface area contributed by atoms with Crippen LogP contribution in [0.2, 0.25) is 0 Å². The number of aliphatic hydroxyl groups is 1. The molecule has 0 radical (unpaired) electrons. The second-order valence-electron chi connectivity index (χ2n) is 8.06. The molecule has 0 amide bonds. The fourth-order valence-electron chi connectivity index (χ4n) is 3.86. The first kappa shape index (κ1) is 22.7. The number of piperidine rings is 1. The summed E-state index contributed by atoms with van der Waals surface area (Å²) in [4.78, 5) is 2.01. The van der Waals surface area contributed by atoms with Crippen LogP contribution in [0.4, 0.5) is 5.82 Å². The van der Waals surface area contributed by atoms with Crippen LogP contribution in [0, 0.1) is 5.92 Å². The van der Waals surface area contributed by atoms with Gasteiger partial charge in [-0.1, -0.05) is 12.1 Å². The van der Waals surface area contributed by atoms with Crippen molar-refractivity contribution in [3.05, 3.63) is 48.5 Å². The molecule has 1 aliphatic rings. The van der Waals surface area contributed by atoms with E-state index in [1.807, 2.05) is 17.0 Å². The minimum absolute atomic E-state index is 0.0132. The molecule has 1 aliphatic heterocycles. The molecule has 0 aliphatic carbocycles. The molecule has 4 rings (SSSR count). The highest BCUT2D eigenvalue weighted by Crippen LogP contribution is 2.31. The summed E-state index contributed by atoms with van der Waals surface area (Å²) in [5.41, 5.74) is 0.455. The average Bonchev–Trinajstić information content (AvgIpc) is 3.19. The van der Waals surface area contributed by atoms with Crippen LogP contribution in [0.5, 0.6) is 0 Å². The molecule has 0 unspecified atom stereocenters. The lowest BCUT2D eigenvalue weighted by Crippen LogP contribution is -2.35. The number of benzene rings is 2. The summed E-state index contributed by atoms with van der Waals surface area (Å²) in [5.74, 6) is 0.840. The normalized spacial score (nSPS) is 16.2. The summed E-state index contributed by atoms with van der Waals surface area (Å²) >= 11 is 0. The molecule has 32 heavy (non-hydrogen) atoms. The van der Waals surface area contributed by atoms with Crippen LogP contribution in [-0.2, 0) is 20.0 Å². The van der Waals surface area contributed by atoms with Crippen LogP contribution in [0.1, 0.15) is 12.8 Å². The van der Waals surface area contributed by atoms with Crippen molar-refractivity contribution < 1.29 is 21.9 Å². The fraction of sp³-hybridized carbons (Fsp3) is 0.381. The lowest BCUT2D eigenvalue weighted by atomic mass is 9.98. The summed E-state index contributed by atoms with van der Waals surface area (Å²) in [7, 11) is -4.88. The molecule has 0 spiro atoms. The van der Waals surface area contributed by atoms with Crippen LogP contribution in [-0.4, -0.2) is 69.2 Å². The van der Waals surface area contributed by atoms with Crippen LogP contribution in [0.15, 0.2) is 58.3 Å². The number of hydrogen-bond acceptors (Lipinski definition) is 7. The van der Waals surface area contributed by atoms with Gasteiger partial charge in [-0.3, -0.25) is 0 Å². The predicted molar refractivity (Wildman–Crippen MR) is 122 cm³/mol. The molecular formula is C21H26N4O5S2. The van der Waals surface area contributed by atoms with Crippen molar-refractivity contribution in [2.75, 3.05) is 38.7 Å². The van der Waals surface area contributed by atoms with Gasteiger partial charge in [0.25, 0.3) is 10.0 Å². The van der Waals surface area contributed by atoms with Crippen molar-refractivity contribution in [2.45, 2.75) is 22.6 Å². The minimum Gasteiger partial charge on any atom is -0.396 e. The zero-order chi connectivity index (χ0) is 23.1. The molecule has 0 atom stereocenters. The molecule has 3 aromatic rings. The Bertz CT molecular complexity index is 1320. The van der Waals surface area contributed by atoms with E-state index >= 15 is 0 Å². The highest BCUT2D eigenvalue weighted by atomic mass is 32.2. The second-order valence-corrected chi connectivity index (χ2v) is 12.0. The van der Waals surface area contributed by atoms with E-state index in [-0.39, 0.29) is 22.3 Å². The number of fused-ring (bicyclic) bond motifs is 1. The molecule has 2 heterocycles. The predicted octanol–water partition coefficient (Wildman–Crippen LogP) is 1.73. The van der Waals surface area contributed by atoms with Gasteiger partial charge in [0.2, 0.25) is 10.0 Å². The van der Waals surface area contributed by atoms with Gasteiger partial charge in [0.05, 0.1) is 15.3 Å². The van der Waals surface area contributed by atoms with E-state index in [0.29, 0.717) is 24.4 Å². The maximum absolute atomic E-state index is 13.4. The van der Waals surface area contributed by atoms with Gasteiger partial charge in [0.1, 0.15) is 0 Å². The zero-order valence-corrected chi connectivity index (χ0v) is 19.6. The van der Waals surface area contributed by atoms with E-state index in [1.54, 1.807) is 12.1 Å². The van der Waals surface area contributed by atoms with Gasteiger partial charge in [-0.15, -0.1) is 5.10 Å². The number of para-hydroxylation sites is 1. The summed E-state index contributed by atoms with van der Waals surface area (Å²) in [6, 6.07) is 12.3. The van der Waals surface area contributed by atoms with E-state index in [9.17, 15) is 21.9 Å². The maximum atomic E-state index is 13.4. The fourth-order valence-corrected chi connectivity index (χ4v) is 6.05. The largest absolute Gasteiger partial charge is 0.396 e. The van der Waals surface area contributed by atoms with Gasteiger partial charge >= 0.3 is 0 Å². The van der Waals surface area contributed by atoms with E-state index in [1.165, 1.54) is 38.4 Å². The number of rotatable bonds is 6. The quantitative estimate of drug-likeness (QED) is 0.574. The number of sulfonamides is 1. The Balaban J connectivity index is 1.75. The Hall–Kier alpha value is -2.47. The Kier molecular flexibility index (Phi) is 6.01. The number of hydrogen-bond donors (Lipinski definition) is 1. The second kappa shape index (κ2) is 8.47. The first-order valence-corrected chi connectivity index (χ1v) is 13.2. The van der Waals surface area contributed by atoms with Crippen molar-refractivity contribution in [3.63, 3.8) is 0 Å². The van der Waals surface area contributed by atoms with Crippen LogP contribution >= 0.6 is 0 Å². The van der Waals surface area contributed by atoms with Crippen molar-refractivity contribution in [1.29, 1.82) is 0 Å². The van der Waals surface area contributed by atoms with Gasteiger partial charge in [-0.2, -0.15) is 12.5 Å². The molecule has 9 nitrogen and oxygen atoms in total. The van der Waals surface area contributed by atoms with Gasteiger partial charge in [0, 0.05) is 39.2 Å². The third-order valence-corrected chi connectivity index (χ3v) is 9.27. The number of aromatic nitrogens is 2. The molecule has 1 N–H and O–H groups in total. The standard InChI is InChI=1S/C21H26N4O5S2/c1-23(2)31(27,28)17-7-9-18(10-8-17)32(29,30)25-20-6-4-3-5-19(20)21(22-25)24-13-11-16(15-26)12-14-24/h3-10,16,26H,11-15H2,1-2H3. The first-order valence-electron chi connectivity index (χ1n) is 10.3. The lowest BCUT2D eigenvalue weighted by Gasteiger charge is -2.31. The van der Waals surface area contributed by atoms with Crippen LogP contribution in [0.3, 0.4) is 0 Å². The highest BCUT2D eigenvalue weighted by molar-refractivity contribution is 7.90. The third kappa shape index (κ3) is 3.90. The van der Waals surface area contributed by atoms with Crippen LogP contribution < -0.4 is 4.90 Å². The topological polar surface area (TPSA) is 113 Å². The smallest absolute Gasteiger partial charge is 0.283 e. The SMILES string of the molecule is CN(C)S(=O)(=O)c1ccc(S(=O)(=O)n2nc(N3CCC(CO)CC3)c3ccccc32)cc1. The highest BCUT2D eigenvalue weighted by Gasteiger charge is 2.28. The molecule has 1 saturated heterocycles. The number of aliphatic hydroxyl groups excluding tert-OH is 1. The zero-order valence-electron chi connectivity index (χ0n) is 17.9. The summed E-state index contributed by atoms with van der Waals surface area (Å²) < 4.78 is 53.5. The maximum Gasteiger partial charge on any atom is 0.283 e. The van der Waals surface area contributed by atoms with E-state index in [2.05, 4.69) is 5.10 Å². The first-order chi connectivity index (χ1) is 15.2. The molecule has 0 bridgehead atoms. The van der Waals surface area contributed by atoms with Gasteiger partial charge in [-0.25, -0.2) is 12.7 Å². The molecule has 11 heteroatoms. The van der Waals surface area contributed by atoms with Crippen molar-refractivity contribution in [3.8, 4) is 0 Å². The Morgan fingerprint density at radius 2 is 1.56 bits per heavy atom. The van der Waals surface area contributed by atoms with Crippen molar-refractivity contribution >= 4 is 36.8 Å². The Morgan fingerprint density at radius 1 is 0.969 bits per heavy atom. The lowest BCUT2D eigenvalue weighted by molar-refractivity contribution is 0.203. The van der Waals surface area contributed by atoms with Crippen molar-refractivity contribution in [2.24, 2.45) is 5.92 Å². The molecule has 2 aromatic carbocycles. The average molecular weight is 479 g/mol. The van der Waals surface area contributed by atoms with Gasteiger partial charge in [0.15, 0.2) is 5.82 Å². The van der Waals surface area contributed by atoms with Crippen molar-refractivity contribution in [1.82, 2.24) is 13.5 Å². The monoisotopic (exact) mass is 478 g/mol. The summed E-state index contributed by atoms with van der Waals surface area (Å²) in [6.07, 6.45) is 1.62. The summed E-state index contributed by atoms with van der Waals surface area (Å²) in [6.45, 7) is 1.52. The van der Waals surface area contributed by atoms with Gasteiger partial charge < -0.3 is 10.0 Å². The van der Waals surface area contributed by atoms with Crippen LogP contribution in [0.25, 0.3) is 10.9 Å². The molecule has 1 aromatic heterocycles. The Morgan fingerprint density at radius 3 is 2.16 bits per heavy atom. The molecule has 1 fully saturated rings. The number of nitrogens with zero attached hydrogens (tertiary/aromatic N) is 4. The summed E-state index contributed by atoms with van der Waals surface area (Å²) in [5, 5.41) is 14.6. The van der Waals surface area contributed by atoms with E-state index < -0.39 is 20.0 Å². The molecule has 172 valence electrons. The minimum atomic E-state index is -4.05. The van der Waals surface area contributed by atoms with E-state index in [0.717, 1.165) is 26.6 Å². The number of anilines is 1. The van der Waals surface area contributed by atoms with E-state index in [4.69, 9.17) is 0 Å².